The van der Waals surface area contributed by atoms with E-state index < -0.39 is 46.0 Å². The van der Waals surface area contributed by atoms with Gasteiger partial charge in [-0.1, -0.05) is 0 Å². The first-order valence-corrected chi connectivity index (χ1v) is 21.7. The van der Waals surface area contributed by atoms with Crippen LogP contribution in [0.4, 0.5) is 13.2 Å². The van der Waals surface area contributed by atoms with Gasteiger partial charge in [0, 0.05) is 6.42 Å². The minimum absolute atomic E-state index is 0.0549. The van der Waals surface area contributed by atoms with Gasteiger partial charge in [0.1, 0.15) is 0 Å². The van der Waals surface area contributed by atoms with Gasteiger partial charge in [-0.05, 0) is 56.3 Å². The topological polar surface area (TPSA) is 83.5 Å². The van der Waals surface area contributed by atoms with Crippen molar-refractivity contribution in [2.45, 2.75) is 71.1 Å². The fraction of sp³-hybridized carbons (Fsp3) is 0.359. The van der Waals surface area contributed by atoms with Gasteiger partial charge in [-0.15, -0.1) is 0 Å². The number of hydrogen-bond acceptors (Lipinski definition) is 5. The van der Waals surface area contributed by atoms with Crippen molar-refractivity contribution in [1.29, 1.82) is 0 Å². The molecule has 5 nitrogen and oxygen atoms in total. The number of hydrogen-bond donors (Lipinski definition) is 0. The monoisotopic (exact) mass is 838 g/mol. The zero-order chi connectivity index (χ0) is 35.4. The van der Waals surface area contributed by atoms with E-state index in [0.29, 0.717) is 17.8 Å². The molecule has 0 heterocycles. The zero-order valence-electron chi connectivity index (χ0n) is 27.3. The summed E-state index contributed by atoms with van der Waals surface area (Å²) >= 11 is -0.309. The standard InChI is InChI=1S/C24H19STe.C15H21F3O5S/c1-4-10-20(11-5-1)25(21-12-6-2-7-13-21)22-16-18-24(19-17-22)26-23-14-8-3-9-15-23;16-12(15(17,18)24(20,21)22)1-2-23-13(19)14-6-9-3-10(7-14)5-11(4-9)8-14/h1-19H;9-12H,1-8H2,(H,20,21,22)/q+1;/p-1. The molecule has 4 fully saturated rings. The van der Waals surface area contributed by atoms with Gasteiger partial charge >= 0.3 is 180 Å². The van der Waals surface area contributed by atoms with E-state index in [-0.39, 0.29) is 31.8 Å². The molecule has 4 bridgehead atoms. The van der Waals surface area contributed by atoms with E-state index in [9.17, 15) is 30.9 Å². The van der Waals surface area contributed by atoms with E-state index in [2.05, 4.69) is 115 Å². The van der Waals surface area contributed by atoms with Gasteiger partial charge in [-0.25, -0.2) is 12.8 Å². The Hall–Kier alpha value is -2.81. The van der Waals surface area contributed by atoms with Gasteiger partial charge < -0.3 is 9.29 Å². The Bertz CT molecular complexity index is 1750. The Morgan fingerprint density at radius 3 is 1.64 bits per heavy atom. The molecule has 1 unspecified atom stereocenters. The summed E-state index contributed by atoms with van der Waals surface area (Å²) in [7, 11) is -6.14. The van der Waals surface area contributed by atoms with Crippen LogP contribution in [0.3, 0.4) is 0 Å². The van der Waals surface area contributed by atoms with Crippen molar-refractivity contribution in [3.63, 3.8) is 0 Å². The van der Waals surface area contributed by atoms with Crippen molar-refractivity contribution < 1.29 is 35.7 Å². The number of carbonyl (C=O) groups is 1. The van der Waals surface area contributed by atoms with E-state index >= 15 is 0 Å². The van der Waals surface area contributed by atoms with Crippen molar-refractivity contribution in [3.05, 3.63) is 115 Å². The Labute approximate surface area is 305 Å². The van der Waals surface area contributed by atoms with Crippen LogP contribution in [-0.2, 0) is 30.5 Å². The Kier molecular flexibility index (Phi) is 11.7. The number of ether oxygens (including phenoxy) is 1. The van der Waals surface area contributed by atoms with Crippen LogP contribution in [0, 0.1) is 23.2 Å². The first-order chi connectivity index (χ1) is 23.9. The molecule has 4 saturated carbocycles. The molecule has 8 rings (SSSR count). The second-order valence-corrected chi connectivity index (χ2v) is 20.2. The van der Waals surface area contributed by atoms with Crippen molar-refractivity contribution >= 4 is 55.1 Å². The molecule has 50 heavy (non-hydrogen) atoms. The Balaban J connectivity index is 0.000000174. The summed E-state index contributed by atoms with van der Waals surface area (Å²) in [5.74, 6) is 0.982. The predicted octanol–water partition coefficient (Wildman–Crippen LogP) is 7.05. The molecule has 4 aromatic rings. The summed E-state index contributed by atoms with van der Waals surface area (Å²) in [4.78, 5) is 16.5. The Morgan fingerprint density at radius 1 is 0.760 bits per heavy atom. The van der Waals surface area contributed by atoms with E-state index in [4.69, 9.17) is 4.74 Å². The summed E-state index contributed by atoms with van der Waals surface area (Å²) in [6.45, 7) is -0.660. The normalized spacial score (nSPS) is 23.2. The van der Waals surface area contributed by atoms with Gasteiger partial charge in [0.05, 0.1) is 12.0 Å². The zero-order valence-corrected chi connectivity index (χ0v) is 31.3. The molecule has 0 saturated heterocycles. The maximum absolute atomic E-state index is 13.4. The Morgan fingerprint density at radius 2 is 1.18 bits per heavy atom. The summed E-state index contributed by atoms with van der Waals surface area (Å²) in [6, 6.07) is 41.8. The van der Waals surface area contributed by atoms with Crippen molar-refractivity contribution in [1.82, 2.24) is 0 Å². The summed E-state index contributed by atoms with van der Waals surface area (Å²) in [5, 5.41) is -5.01. The average molecular weight is 836 g/mol. The second-order valence-electron chi connectivity index (χ2n) is 13.4. The molecule has 0 amide bonds. The van der Waals surface area contributed by atoms with Crippen LogP contribution >= 0.6 is 0 Å². The third-order valence-corrected chi connectivity index (χ3v) is 15.8. The number of carbonyl (C=O) groups excluding carboxylic acids is 1. The molecule has 1 atom stereocenters. The van der Waals surface area contributed by atoms with Gasteiger partial charge in [-0.2, -0.15) is 8.78 Å². The maximum atomic E-state index is 13.4. The van der Waals surface area contributed by atoms with Crippen molar-refractivity contribution in [2.24, 2.45) is 23.2 Å². The van der Waals surface area contributed by atoms with Gasteiger partial charge in [0.2, 0.25) is 0 Å². The number of halogens is 3. The third kappa shape index (κ3) is 8.62. The van der Waals surface area contributed by atoms with Crippen LogP contribution < -0.4 is 7.22 Å². The molecule has 4 aromatic carbocycles. The molecular formula is C39H39F3O5S2Te. The van der Waals surface area contributed by atoms with Gasteiger partial charge in [0.15, 0.2) is 16.3 Å². The van der Waals surface area contributed by atoms with Crippen molar-refractivity contribution in [3.8, 4) is 0 Å². The quantitative estimate of drug-likeness (QED) is 0.0701. The third-order valence-electron chi connectivity index (χ3n) is 9.77. The number of benzene rings is 4. The predicted molar refractivity (Wildman–Crippen MR) is 189 cm³/mol. The van der Waals surface area contributed by atoms with E-state index in [1.54, 1.807) is 0 Å². The molecule has 0 N–H and O–H groups in total. The van der Waals surface area contributed by atoms with Gasteiger partial charge in [-0.3, -0.25) is 4.79 Å². The molecule has 4 aliphatic rings. The van der Waals surface area contributed by atoms with Crippen LogP contribution in [0.15, 0.2) is 130 Å². The molecular weight excluding hydrogens is 797 g/mol. The fourth-order valence-corrected chi connectivity index (χ4v) is 12.8. The van der Waals surface area contributed by atoms with E-state index in [1.165, 1.54) is 21.9 Å². The number of esters is 1. The van der Waals surface area contributed by atoms with E-state index in [1.807, 2.05) is 0 Å². The molecule has 0 radical (unpaired) electrons. The van der Waals surface area contributed by atoms with Gasteiger partial charge in [0.25, 0.3) is 0 Å². The molecule has 264 valence electrons. The van der Waals surface area contributed by atoms with E-state index in [0.717, 1.165) is 38.5 Å². The van der Waals surface area contributed by atoms with Crippen LogP contribution in [0.1, 0.15) is 44.9 Å². The van der Waals surface area contributed by atoms with Crippen LogP contribution in [0.2, 0.25) is 0 Å². The average Bonchev–Trinajstić information content (AvgIpc) is 3.10. The molecule has 0 aromatic heterocycles. The summed E-state index contributed by atoms with van der Waals surface area (Å²) in [6.07, 6.45) is 1.31. The van der Waals surface area contributed by atoms with Crippen LogP contribution in [-0.4, -0.2) is 57.9 Å². The summed E-state index contributed by atoms with van der Waals surface area (Å²) < 4.78 is 78.5. The number of alkyl halides is 3. The molecule has 4 aliphatic carbocycles. The SMILES string of the molecule is O=C(OCCC(F)C(F)(F)S(=O)(=O)[O-])C12CC3CC(CC(C3)C1)C2.c1ccc([Te]c2ccc([S+](c3ccccc3)c3ccccc3)cc2)cc1. The molecule has 0 spiro atoms. The molecule has 0 aliphatic heterocycles. The minimum atomic E-state index is -6.09. The second kappa shape index (κ2) is 15.8. The first kappa shape index (κ1) is 37.0. The summed E-state index contributed by atoms with van der Waals surface area (Å²) in [5.41, 5.74) is -0.590. The number of rotatable bonds is 11. The van der Waals surface area contributed by atoms with Crippen molar-refractivity contribution in [2.75, 3.05) is 6.61 Å². The first-order valence-electron chi connectivity index (χ1n) is 16.8. The fourth-order valence-electron chi connectivity index (χ4n) is 7.88. The van der Waals surface area contributed by atoms with Crippen LogP contribution in [0.25, 0.3) is 0 Å². The molecule has 11 heteroatoms. The van der Waals surface area contributed by atoms with Crippen LogP contribution in [0.5, 0.6) is 0 Å².